The van der Waals surface area contributed by atoms with Crippen LogP contribution < -0.4 is 12.4 Å². The summed E-state index contributed by atoms with van der Waals surface area (Å²) in [6, 6.07) is 12.8. The Kier molecular flexibility index (Phi) is 9.70. The fourth-order valence-corrected chi connectivity index (χ4v) is 2.53. The van der Waals surface area contributed by atoms with E-state index in [4.69, 9.17) is 0 Å². The van der Waals surface area contributed by atoms with Crippen molar-refractivity contribution in [1.29, 1.82) is 0 Å². The molecule has 127 valence electrons. The second kappa shape index (κ2) is 10.1. The van der Waals surface area contributed by atoms with Crippen LogP contribution in [0.3, 0.4) is 0 Å². The van der Waals surface area contributed by atoms with Crippen LogP contribution in [0.25, 0.3) is 22.0 Å². The quantitative estimate of drug-likeness (QED) is 0.457. The van der Waals surface area contributed by atoms with Gasteiger partial charge in [-0.25, -0.2) is 0 Å². The van der Waals surface area contributed by atoms with Crippen molar-refractivity contribution in [2.24, 2.45) is 0 Å². The van der Waals surface area contributed by atoms with E-state index in [9.17, 15) is 0 Å². The molecule has 0 aliphatic heterocycles. The van der Waals surface area contributed by atoms with Crippen LogP contribution in [-0.2, 0) is 17.4 Å². The molecular formula is C20H25ClCrNSi. The Bertz CT molecular complexity index is 772. The maximum Gasteiger partial charge on any atom is 2.00 e. The van der Waals surface area contributed by atoms with E-state index in [0.717, 1.165) is 5.52 Å². The van der Waals surface area contributed by atoms with Gasteiger partial charge in [0.25, 0.3) is 0 Å². The predicted octanol–water partition coefficient (Wildman–Crippen LogP) is 2.92. The summed E-state index contributed by atoms with van der Waals surface area (Å²) in [6.45, 7) is 13.4. The van der Waals surface area contributed by atoms with E-state index in [2.05, 4.69) is 75.7 Å². The number of aromatic nitrogens is 1. The molecule has 0 amide bonds. The zero-order valence-electron chi connectivity index (χ0n) is 15.3. The normalized spacial score (nSPS) is 9.79. The molecule has 24 heavy (non-hydrogen) atoms. The van der Waals surface area contributed by atoms with Gasteiger partial charge in [-0.1, -0.05) is 69.7 Å². The van der Waals surface area contributed by atoms with Crippen LogP contribution in [0.2, 0.25) is 19.6 Å². The van der Waals surface area contributed by atoms with Gasteiger partial charge >= 0.3 is 17.4 Å². The van der Waals surface area contributed by atoms with E-state index >= 15 is 0 Å². The summed E-state index contributed by atoms with van der Waals surface area (Å²) in [5.41, 5.74) is 7.75. The summed E-state index contributed by atoms with van der Waals surface area (Å²) in [6.07, 6.45) is 1.86. The molecule has 0 unspecified atom stereocenters. The van der Waals surface area contributed by atoms with Crippen molar-refractivity contribution in [1.82, 2.24) is 4.98 Å². The van der Waals surface area contributed by atoms with Gasteiger partial charge in [0.2, 0.25) is 0 Å². The van der Waals surface area contributed by atoms with Gasteiger partial charge in [0, 0.05) is 20.5 Å². The minimum absolute atomic E-state index is 0. The molecule has 4 heteroatoms. The van der Waals surface area contributed by atoms with Crippen LogP contribution in [0.5, 0.6) is 0 Å². The minimum Gasteiger partial charge on any atom is -1.00 e. The van der Waals surface area contributed by atoms with Crippen LogP contribution >= 0.6 is 0 Å². The maximum atomic E-state index is 4.54. The van der Waals surface area contributed by atoms with Crippen LogP contribution in [0.15, 0.2) is 42.6 Å². The van der Waals surface area contributed by atoms with Gasteiger partial charge in [-0.15, -0.1) is 28.8 Å². The number of para-hydroxylation sites is 1. The third-order valence-electron chi connectivity index (χ3n) is 3.84. The first-order chi connectivity index (χ1) is 10.4. The van der Waals surface area contributed by atoms with Gasteiger partial charge in [-0.2, -0.15) is 0 Å². The Hall–Kier alpha value is -0.981. The summed E-state index contributed by atoms with van der Waals surface area (Å²) in [7, 11) is 0.120. The number of nitrogens with zero attached hydrogens (tertiary/aromatic N) is 1. The number of hydrogen-bond acceptors (Lipinski definition) is 1. The van der Waals surface area contributed by atoms with Gasteiger partial charge in [0.1, 0.15) is 0 Å². The number of halogens is 1. The molecule has 0 spiro atoms. The van der Waals surface area contributed by atoms with E-state index in [1.165, 1.54) is 33.2 Å². The molecule has 1 aromatic heterocycles. The summed E-state index contributed by atoms with van der Waals surface area (Å²) >= 11 is 0. The molecule has 0 atom stereocenters. The zero-order valence-corrected chi connectivity index (χ0v) is 18.3. The molecule has 1 heterocycles. The smallest absolute Gasteiger partial charge is 1.00 e. The van der Waals surface area contributed by atoms with Gasteiger partial charge in [0.15, 0.2) is 0 Å². The van der Waals surface area contributed by atoms with E-state index in [0.29, 0.717) is 0 Å². The second-order valence-corrected chi connectivity index (χ2v) is 9.37. The van der Waals surface area contributed by atoms with Crippen molar-refractivity contribution in [3.63, 3.8) is 0 Å². The topological polar surface area (TPSA) is 12.9 Å². The van der Waals surface area contributed by atoms with Crippen molar-refractivity contribution < 1.29 is 29.8 Å². The number of fused-ring (bicyclic) bond motifs is 1. The van der Waals surface area contributed by atoms with Crippen molar-refractivity contribution in [2.45, 2.75) is 40.4 Å². The van der Waals surface area contributed by atoms with E-state index in [1.807, 2.05) is 12.3 Å². The van der Waals surface area contributed by atoms with Crippen LogP contribution in [-0.4, -0.2) is 13.8 Å². The Balaban J connectivity index is 0.000000801. The average Bonchev–Trinajstić information content (AvgIpc) is 2.74. The zero-order chi connectivity index (χ0) is 16.3. The molecule has 0 bridgehead atoms. The Morgan fingerprint density at radius 1 is 0.958 bits per heavy atom. The first-order valence-electron chi connectivity index (χ1n) is 7.76. The fourth-order valence-electron chi connectivity index (χ4n) is 2.53. The maximum absolute atomic E-state index is 4.54. The van der Waals surface area contributed by atoms with E-state index < -0.39 is 0 Å². The Morgan fingerprint density at radius 3 is 2.08 bits per heavy atom. The third-order valence-corrected chi connectivity index (χ3v) is 3.84. The predicted molar refractivity (Wildman–Crippen MR) is 100 cm³/mol. The number of rotatable bonds is 1. The Labute approximate surface area is 165 Å². The van der Waals surface area contributed by atoms with Crippen LogP contribution in [0.4, 0.5) is 0 Å². The number of hydrogen-bond donors (Lipinski definition) is 0. The van der Waals surface area contributed by atoms with Crippen LogP contribution in [0.1, 0.15) is 16.7 Å². The van der Waals surface area contributed by atoms with Gasteiger partial charge < -0.3 is 12.4 Å². The molecule has 1 radical (unpaired) electrons. The summed E-state index contributed by atoms with van der Waals surface area (Å²) in [5.74, 6) is 0. The van der Waals surface area contributed by atoms with Gasteiger partial charge in [-0.05, 0) is 11.5 Å². The first kappa shape index (κ1) is 23.0. The molecule has 3 aromatic rings. The standard InChI is InChI=1S/C17H16N.C3H9Si.ClH.Cr/c1-11-10-16(13(3)12(11)2)15-8-4-6-14-7-5-9-18-17(14)15;1-4(2)3;;/h4-10H,1-3H3;1-3H3;1H;/q-1;;;+2/p-1. The summed E-state index contributed by atoms with van der Waals surface area (Å²) in [5, 5.41) is 1.20. The molecule has 0 aliphatic carbocycles. The fraction of sp³-hybridized carbons (Fsp3) is 0.300. The molecular weight excluding hydrogens is 370 g/mol. The van der Waals surface area contributed by atoms with Gasteiger partial charge in [-0.3, -0.25) is 4.98 Å². The number of aryl methyl sites for hydroxylation is 1. The average molecular weight is 395 g/mol. The minimum atomic E-state index is 0. The molecule has 0 fully saturated rings. The SMILES string of the molecule is C[Si](C)C.Cc1c[c-](-c2cccc3cccnc23)c(C)c1C.[Cl-].[Cr+2]. The first-order valence-corrected chi connectivity index (χ1v) is 10.8. The summed E-state index contributed by atoms with van der Waals surface area (Å²) in [4.78, 5) is 4.54. The van der Waals surface area contributed by atoms with Crippen molar-refractivity contribution in [3.05, 3.63) is 59.3 Å². The van der Waals surface area contributed by atoms with Gasteiger partial charge in [0.05, 0.1) is 0 Å². The summed E-state index contributed by atoms with van der Waals surface area (Å²) < 4.78 is 0. The second-order valence-electron chi connectivity index (χ2n) is 6.37. The Morgan fingerprint density at radius 2 is 1.54 bits per heavy atom. The molecule has 0 saturated carbocycles. The van der Waals surface area contributed by atoms with E-state index in [1.54, 1.807) is 0 Å². The monoisotopic (exact) mass is 394 g/mol. The van der Waals surface area contributed by atoms with Crippen LogP contribution in [0, 0.1) is 20.8 Å². The number of benzene rings is 1. The number of pyridine rings is 1. The van der Waals surface area contributed by atoms with Crippen molar-refractivity contribution in [3.8, 4) is 11.1 Å². The molecule has 2 aromatic carbocycles. The van der Waals surface area contributed by atoms with E-state index in [-0.39, 0.29) is 38.6 Å². The molecule has 0 N–H and O–H groups in total. The largest absolute Gasteiger partial charge is 2.00 e. The molecule has 0 aliphatic rings. The third kappa shape index (κ3) is 5.26. The molecule has 3 rings (SSSR count). The molecule has 1 nitrogen and oxygen atoms in total. The molecule has 0 saturated heterocycles. The van der Waals surface area contributed by atoms with Crippen molar-refractivity contribution >= 4 is 19.7 Å². The van der Waals surface area contributed by atoms with Crippen molar-refractivity contribution in [2.75, 3.05) is 0 Å².